The van der Waals surface area contributed by atoms with Gasteiger partial charge < -0.3 is 9.47 Å². The van der Waals surface area contributed by atoms with E-state index in [0.717, 1.165) is 48.3 Å². The Bertz CT molecular complexity index is 1140. The lowest BCUT2D eigenvalue weighted by Crippen LogP contribution is -2.49. The monoisotopic (exact) mass is 532 g/mol. The Balaban J connectivity index is 1.93. The smallest absolute Gasteiger partial charge is 0.137 e. The van der Waals surface area contributed by atoms with Crippen LogP contribution in [0.25, 0.3) is 5.57 Å². The highest BCUT2D eigenvalue weighted by molar-refractivity contribution is 5.92. The van der Waals surface area contributed by atoms with Crippen LogP contribution in [0.2, 0.25) is 0 Å². The predicted octanol–water partition coefficient (Wildman–Crippen LogP) is 8.75. The lowest BCUT2D eigenvalue weighted by atomic mass is 9.51. The van der Waals surface area contributed by atoms with Crippen LogP contribution < -0.4 is 9.47 Å². The third-order valence-corrected chi connectivity index (χ3v) is 8.53. The van der Waals surface area contributed by atoms with Crippen molar-refractivity contribution >= 4 is 17.1 Å². The van der Waals surface area contributed by atoms with Crippen molar-refractivity contribution in [1.82, 2.24) is 0 Å². The zero-order valence-corrected chi connectivity index (χ0v) is 25.4. The summed E-state index contributed by atoms with van der Waals surface area (Å²) >= 11 is 0. The molecule has 0 heterocycles. The van der Waals surface area contributed by atoms with Gasteiger partial charge in [0.2, 0.25) is 0 Å². The molecular weight excluding hydrogens is 484 g/mol. The fourth-order valence-electron chi connectivity index (χ4n) is 6.52. The van der Waals surface area contributed by atoms with Crippen molar-refractivity contribution in [1.29, 1.82) is 0 Å². The molecule has 1 saturated carbocycles. The lowest BCUT2D eigenvalue weighted by molar-refractivity contribution is -0.147. The molecule has 2 atom stereocenters. The van der Waals surface area contributed by atoms with Gasteiger partial charge in [-0.2, -0.15) is 0 Å². The van der Waals surface area contributed by atoms with E-state index < -0.39 is 5.41 Å². The highest BCUT2D eigenvalue weighted by atomic mass is 16.5. The van der Waals surface area contributed by atoms with E-state index >= 15 is 0 Å². The molecule has 0 N–H and O–H groups in total. The molecule has 0 saturated heterocycles. The molecule has 4 heteroatoms. The second-order valence-electron chi connectivity index (χ2n) is 12.2. The SMILES string of the molecule is CCOc1cc([C@@H](C)C(CC/C=C(\C)c2ccccc2)C(=O)CC2(C(C)=O)CC(C)(C)C2)cc(OCC)c1C. The van der Waals surface area contributed by atoms with Crippen LogP contribution >= 0.6 is 0 Å². The van der Waals surface area contributed by atoms with E-state index in [4.69, 9.17) is 9.47 Å². The molecule has 212 valence electrons. The van der Waals surface area contributed by atoms with Gasteiger partial charge in [-0.15, -0.1) is 0 Å². The Morgan fingerprint density at radius 1 is 0.974 bits per heavy atom. The van der Waals surface area contributed by atoms with Gasteiger partial charge in [-0.05, 0) is 100 Å². The number of allylic oxidation sites excluding steroid dienone is 2. The molecule has 2 aromatic rings. The van der Waals surface area contributed by atoms with E-state index in [-0.39, 0.29) is 28.8 Å². The second-order valence-corrected chi connectivity index (χ2v) is 12.2. The quantitative estimate of drug-likeness (QED) is 0.244. The average molecular weight is 533 g/mol. The molecule has 1 aliphatic carbocycles. The molecule has 1 fully saturated rings. The average Bonchev–Trinajstić information content (AvgIpc) is 2.87. The minimum atomic E-state index is -0.519. The van der Waals surface area contributed by atoms with Crippen LogP contribution in [0.3, 0.4) is 0 Å². The van der Waals surface area contributed by atoms with Crippen LogP contribution in [-0.4, -0.2) is 24.8 Å². The second kappa shape index (κ2) is 13.0. The minimum Gasteiger partial charge on any atom is -0.493 e. The molecule has 0 spiro atoms. The first-order valence-electron chi connectivity index (χ1n) is 14.6. The van der Waals surface area contributed by atoms with Gasteiger partial charge in [0.1, 0.15) is 23.1 Å². The van der Waals surface area contributed by atoms with E-state index in [9.17, 15) is 9.59 Å². The Kier molecular flexibility index (Phi) is 10.2. The van der Waals surface area contributed by atoms with E-state index in [1.165, 1.54) is 11.1 Å². The largest absolute Gasteiger partial charge is 0.493 e. The number of Topliss-reactive ketones (excluding diaryl/α,β-unsaturated/α-hetero) is 2. The number of carbonyl (C=O) groups excluding carboxylic acids is 2. The van der Waals surface area contributed by atoms with Crippen molar-refractivity contribution in [3.8, 4) is 11.5 Å². The van der Waals surface area contributed by atoms with Crippen molar-refractivity contribution < 1.29 is 19.1 Å². The van der Waals surface area contributed by atoms with Gasteiger partial charge in [0.05, 0.1) is 13.2 Å². The molecule has 1 aliphatic rings. The van der Waals surface area contributed by atoms with Crippen LogP contribution in [0.1, 0.15) is 103 Å². The third-order valence-electron chi connectivity index (χ3n) is 8.53. The first-order chi connectivity index (χ1) is 18.4. The van der Waals surface area contributed by atoms with Crippen LogP contribution in [0.4, 0.5) is 0 Å². The lowest BCUT2D eigenvalue weighted by Gasteiger charge is -2.52. The van der Waals surface area contributed by atoms with Crippen molar-refractivity contribution in [2.45, 2.75) is 93.4 Å². The van der Waals surface area contributed by atoms with Crippen LogP contribution in [0, 0.1) is 23.7 Å². The van der Waals surface area contributed by atoms with Crippen molar-refractivity contribution in [3.63, 3.8) is 0 Å². The number of ether oxygens (including phenoxy) is 2. The first kappa shape index (κ1) is 30.7. The predicted molar refractivity (Wildman–Crippen MR) is 161 cm³/mol. The summed E-state index contributed by atoms with van der Waals surface area (Å²) in [5.74, 6) is 1.69. The summed E-state index contributed by atoms with van der Waals surface area (Å²) in [6, 6.07) is 14.5. The molecular formula is C35H48O4. The highest BCUT2D eigenvalue weighted by Gasteiger charge is 2.53. The Hall–Kier alpha value is -2.88. The molecule has 0 radical (unpaired) electrons. The van der Waals surface area contributed by atoms with E-state index in [2.05, 4.69) is 58.0 Å². The summed E-state index contributed by atoms with van der Waals surface area (Å²) in [5.41, 5.74) is 4.02. The molecule has 0 amide bonds. The summed E-state index contributed by atoms with van der Waals surface area (Å²) in [4.78, 5) is 26.9. The van der Waals surface area contributed by atoms with E-state index in [1.807, 2.05) is 39.0 Å². The zero-order valence-electron chi connectivity index (χ0n) is 25.4. The summed E-state index contributed by atoms with van der Waals surface area (Å²) < 4.78 is 11.9. The van der Waals surface area contributed by atoms with Gasteiger partial charge in [-0.3, -0.25) is 9.59 Å². The number of rotatable bonds is 14. The molecule has 4 nitrogen and oxygen atoms in total. The van der Waals surface area contributed by atoms with Crippen LogP contribution in [0.5, 0.6) is 11.5 Å². The zero-order chi connectivity index (χ0) is 28.8. The molecule has 0 aromatic heterocycles. The van der Waals surface area contributed by atoms with Crippen molar-refractivity contribution in [3.05, 3.63) is 65.2 Å². The number of benzene rings is 2. The van der Waals surface area contributed by atoms with Gasteiger partial charge >= 0.3 is 0 Å². The number of hydrogen-bond acceptors (Lipinski definition) is 4. The standard InChI is InChI=1S/C35H48O4/c1-9-38-32-19-29(20-33(26(32)5)39-10-2)25(4)30(18-14-15-24(3)28-16-12-11-13-17-28)31(37)21-35(27(6)36)22-34(7,8)23-35/h11-13,15-17,19-20,25,30H,9-10,14,18,21-23H2,1-8H3/b24-15+/t25-,30?/m1/s1. The number of carbonyl (C=O) groups is 2. The molecule has 39 heavy (non-hydrogen) atoms. The van der Waals surface area contributed by atoms with Gasteiger partial charge in [-0.25, -0.2) is 0 Å². The maximum atomic E-state index is 14.1. The fraction of sp³-hybridized carbons (Fsp3) is 0.543. The van der Waals surface area contributed by atoms with E-state index in [1.54, 1.807) is 6.92 Å². The van der Waals surface area contributed by atoms with E-state index in [0.29, 0.717) is 19.6 Å². The van der Waals surface area contributed by atoms with Gasteiger partial charge in [0.25, 0.3) is 0 Å². The number of hydrogen-bond donors (Lipinski definition) is 0. The fourth-order valence-corrected chi connectivity index (χ4v) is 6.52. The van der Waals surface area contributed by atoms with Crippen LogP contribution in [-0.2, 0) is 9.59 Å². The summed E-state index contributed by atoms with van der Waals surface area (Å²) in [6.07, 6.45) is 5.64. The highest BCUT2D eigenvalue weighted by Crippen LogP contribution is 2.57. The normalized spacial score (nSPS) is 17.6. The maximum Gasteiger partial charge on any atom is 0.137 e. The van der Waals surface area contributed by atoms with Gasteiger partial charge in [0.15, 0.2) is 0 Å². The van der Waals surface area contributed by atoms with Crippen LogP contribution in [0.15, 0.2) is 48.5 Å². The summed E-state index contributed by atoms with van der Waals surface area (Å²) in [6.45, 7) is 17.4. The summed E-state index contributed by atoms with van der Waals surface area (Å²) in [5, 5.41) is 0. The topological polar surface area (TPSA) is 52.6 Å². The van der Waals surface area contributed by atoms with Gasteiger partial charge in [0, 0.05) is 23.3 Å². The minimum absolute atomic E-state index is 0.0426. The first-order valence-corrected chi connectivity index (χ1v) is 14.6. The third kappa shape index (κ3) is 7.41. The molecule has 0 aliphatic heterocycles. The molecule has 0 bridgehead atoms. The Morgan fingerprint density at radius 2 is 1.54 bits per heavy atom. The summed E-state index contributed by atoms with van der Waals surface area (Å²) in [7, 11) is 0. The molecule has 3 rings (SSSR count). The molecule has 2 aromatic carbocycles. The molecule has 1 unspecified atom stereocenters. The van der Waals surface area contributed by atoms with Gasteiger partial charge in [-0.1, -0.05) is 57.2 Å². The maximum absolute atomic E-state index is 14.1. The van der Waals surface area contributed by atoms with Crippen molar-refractivity contribution in [2.75, 3.05) is 13.2 Å². The van der Waals surface area contributed by atoms with Crippen molar-refractivity contribution in [2.24, 2.45) is 16.7 Å². The Labute approximate surface area is 236 Å². The number of ketones is 2. The Morgan fingerprint density at radius 3 is 2.03 bits per heavy atom.